The summed E-state index contributed by atoms with van der Waals surface area (Å²) >= 11 is 3.58. The van der Waals surface area contributed by atoms with Crippen molar-refractivity contribution in [2.45, 2.75) is 65.8 Å². The van der Waals surface area contributed by atoms with Crippen LogP contribution in [0.2, 0.25) is 0 Å². The molecule has 2 aromatic heterocycles. The number of Topliss-reactive ketones (excluding diaryl/α,β-unsaturated/α-hetero) is 1. The molecule has 0 saturated heterocycles. The topological polar surface area (TPSA) is 82.5 Å². The SMILES string of the molecule is CCCC(CCCC(=O)Cc1ccc[nH]1)C(/C=C(\C)NCc1cccnc1)=N/C(C)=C(\Br)C=NC. The van der Waals surface area contributed by atoms with E-state index in [1.165, 1.54) is 0 Å². The third-order valence-corrected chi connectivity index (χ3v) is 6.44. The second-order valence-electron chi connectivity index (χ2n) is 8.69. The zero-order chi connectivity index (χ0) is 25.5. The Bertz CT molecular complexity index is 1020. The van der Waals surface area contributed by atoms with Gasteiger partial charge in [0.05, 0.1) is 10.2 Å². The maximum Gasteiger partial charge on any atom is 0.138 e. The maximum atomic E-state index is 12.5. The van der Waals surface area contributed by atoms with Crippen molar-refractivity contribution in [2.75, 3.05) is 7.05 Å². The van der Waals surface area contributed by atoms with Crippen LogP contribution in [0.4, 0.5) is 0 Å². The minimum absolute atomic E-state index is 0.266. The van der Waals surface area contributed by atoms with Crippen LogP contribution >= 0.6 is 15.9 Å². The number of aromatic amines is 1. The summed E-state index contributed by atoms with van der Waals surface area (Å²) in [5, 5.41) is 3.48. The van der Waals surface area contributed by atoms with Crippen molar-refractivity contribution in [3.8, 4) is 0 Å². The summed E-state index contributed by atoms with van der Waals surface area (Å²) in [5.41, 5.74) is 5.06. The highest BCUT2D eigenvalue weighted by molar-refractivity contribution is 9.12. The molecule has 2 heterocycles. The lowest BCUT2D eigenvalue weighted by Crippen LogP contribution is -2.18. The Morgan fingerprint density at radius 2 is 2.09 bits per heavy atom. The molecule has 35 heavy (non-hydrogen) atoms. The first-order valence-electron chi connectivity index (χ1n) is 12.2. The van der Waals surface area contributed by atoms with Gasteiger partial charge in [0.15, 0.2) is 0 Å². The highest BCUT2D eigenvalue weighted by atomic mass is 79.9. The van der Waals surface area contributed by atoms with E-state index in [0.717, 1.165) is 58.5 Å². The molecule has 0 saturated carbocycles. The van der Waals surface area contributed by atoms with E-state index in [4.69, 9.17) is 4.99 Å². The number of halogens is 1. The molecule has 6 nitrogen and oxygen atoms in total. The molecule has 0 fully saturated rings. The van der Waals surface area contributed by atoms with Gasteiger partial charge >= 0.3 is 0 Å². The lowest BCUT2D eigenvalue weighted by atomic mass is 9.90. The predicted octanol–water partition coefficient (Wildman–Crippen LogP) is 6.57. The van der Waals surface area contributed by atoms with E-state index in [-0.39, 0.29) is 11.7 Å². The Morgan fingerprint density at radius 3 is 2.74 bits per heavy atom. The van der Waals surface area contributed by atoms with Crippen LogP contribution in [-0.4, -0.2) is 34.7 Å². The Hall–Kier alpha value is -2.80. The fraction of sp³-hybridized carbons (Fsp3) is 0.429. The van der Waals surface area contributed by atoms with Gasteiger partial charge in [-0.25, -0.2) is 0 Å². The van der Waals surface area contributed by atoms with Gasteiger partial charge in [0.1, 0.15) is 5.78 Å². The molecule has 0 amide bonds. The van der Waals surface area contributed by atoms with Crippen LogP contribution in [0, 0.1) is 5.92 Å². The number of aliphatic imine (C=N–C) groups is 2. The number of pyridine rings is 1. The number of nitrogens with zero attached hydrogens (tertiary/aromatic N) is 3. The van der Waals surface area contributed by atoms with Gasteiger partial charge in [0.2, 0.25) is 0 Å². The van der Waals surface area contributed by atoms with Gasteiger partial charge in [0.25, 0.3) is 0 Å². The third kappa shape index (κ3) is 11.0. The molecule has 0 spiro atoms. The first-order valence-corrected chi connectivity index (χ1v) is 13.0. The van der Waals surface area contributed by atoms with Gasteiger partial charge < -0.3 is 10.3 Å². The number of nitrogens with one attached hydrogen (secondary N) is 2. The smallest absolute Gasteiger partial charge is 0.138 e. The number of carbonyl (C=O) groups excluding carboxylic acids is 1. The number of hydrogen-bond acceptors (Lipinski definition) is 5. The van der Waals surface area contributed by atoms with Crippen molar-refractivity contribution < 1.29 is 4.79 Å². The second kappa shape index (κ2) is 16.0. The van der Waals surface area contributed by atoms with Crippen molar-refractivity contribution in [2.24, 2.45) is 15.9 Å². The number of ketones is 1. The summed E-state index contributed by atoms with van der Waals surface area (Å²) in [5.74, 6) is 0.534. The lowest BCUT2D eigenvalue weighted by molar-refractivity contribution is -0.118. The van der Waals surface area contributed by atoms with Crippen LogP contribution in [0.3, 0.4) is 0 Å². The molecule has 0 aliphatic heterocycles. The van der Waals surface area contributed by atoms with Crippen LogP contribution in [-0.2, 0) is 17.8 Å². The van der Waals surface area contributed by atoms with Crippen molar-refractivity contribution in [1.29, 1.82) is 0 Å². The largest absolute Gasteiger partial charge is 0.384 e. The Labute approximate surface area is 218 Å². The van der Waals surface area contributed by atoms with E-state index in [9.17, 15) is 4.79 Å². The van der Waals surface area contributed by atoms with Crippen LogP contribution in [0.1, 0.15) is 64.1 Å². The Balaban J connectivity index is 2.16. The Morgan fingerprint density at radius 1 is 1.26 bits per heavy atom. The minimum atomic E-state index is 0.266. The lowest BCUT2D eigenvalue weighted by Gasteiger charge is -2.18. The highest BCUT2D eigenvalue weighted by Crippen LogP contribution is 2.22. The molecular weight excluding hydrogens is 502 g/mol. The third-order valence-electron chi connectivity index (χ3n) is 5.66. The van der Waals surface area contributed by atoms with E-state index in [2.05, 4.69) is 62.2 Å². The average Bonchev–Trinajstić information content (AvgIpc) is 3.35. The first-order chi connectivity index (χ1) is 16.9. The molecule has 2 aromatic rings. The molecule has 0 radical (unpaired) electrons. The average molecular weight is 541 g/mol. The fourth-order valence-electron chi connectivity index (χ4n) is 3.82. The molecule has 1 atom stereocenters. The molecule has 188 valence electrons. The summed E-state index contributed by atoms with van der Waals surface area (Å²) in [6, 6.07) is 7.89. The summed E-state index contributed by atoms with van der Waals surface area (Å²) in [7, 11) is 1.75. The summed E-state index contributed by atoms with van der Waals surface area (Å²) in [6.07, 6.45) is 14.3. The van der Waals surface area contributed by atoms with Gasteiger partial charge in [-0.15, -0.1) is 0 Å². The molecule has 0 aliphatic carbocycles. The Kier molecular flexibility index (Phi) is 13.0. The maximum absolute atomic E-state index is 12.5. The summed E-state index contributed by atoms with van der Waals surface area (Å²) in [6.45, 7) is 6.95. The zero-order valence-electron chi connectivity index (χ0n) is 21.4. The molecule has 0 bridgehead atoms. The van der Waals surface area contributed by atoms with Gasteiger partial charge in [-0.2, -0.15) is 0 Å². The minimum Gasteiger partial charge on any atom is -0.384 e. The molecule has 2 N–H and O–H groups in total. The highest BCUT2D eigenvalue weighted by Gasteiger charge is 2.16. The van der Waals surface area contributed by atoms with E-state index < -0.39 is 0 Å². The monoisotopic (exact) mass is 539 g/mol. The van der Waals surface area contributed by atoms with Gasteiger partial charge in [-0.1, -0.05) is 19.4 Å². The molecule has 7 heteroatoms. The zero-order valence-corrected chi connectivity index (χ0v) is 22.9. The van der Waals surface area contributed by atoms with Crippen molar-refractivity contribution >= 4 is 33.6 Å². The molecule has 0 aliphatic rings. The second-order valence-corrected chi connectivity index (χ2v) is 9.54. The van der Waals surface area contributed by atoms with Crippen LogP contribution < -0.4 is 5.32 Å². The molecule has 0 aromatic carbocycles. The van der Waals surface area contributed by atoms with E-state index in [1.807, 2.05) is 37.5 Å². The van der Waals surface area contributed by atoms with Gasteiger partial charge in [-0.05, 0) is 78.9 Å². The van der Waals surface area contributed by atoms with Crippen molar-refractivity contribution in [3.63, 3.8) is 0 Å². The summed E-state index contributed by atoms with van der Waals surface area (Å²) in [4.78, 5) is 28.9. The number of aromatic nitrogens is 2. The first kappa shape index (κ1) is 28.4. The normalized spacial score (nSPS) is 14.2. The number of carbonyl (C=O) groups is 1. The number of allylic oxidation sites excluding steroid dienone is 4. The van der Waals surface area contributed by atoms with E-state index in [1.54, 1.807) is 19.5 Å². The van der Waals surface area contributed by atoms with Crippen LogP contribution in [0.25, 0.3) is 0 Å². The van der Waals surface area contributed by atoms with E-state index >= 15 is 0 Å². The van der Waals surface area contributed by atoms with E-state index in [0.29, 0.717) is 19.4 Å². The molecular formula is C28H38BrN5O. The van der Waals surface area contributed by atoms with Crippen molar-refractivity contribution in [1.82, 2.24) is 15.3 Å². The fourth-order valence-corrected chi connectivity index (χ4v) is 4.12. The van der Waals surface area contributed by atoms with Crippen LogP contribution in [0.5, 0.6) is 0 Å². The standard InChI is InChI=1S/C28H38BrN5O/c1-5-9-24(11-6-13-26(35)17-25-12-8-15-32-25)28(34-22(3)27(29)20-30-4)16-21(2)33-19-23-10-7-14-31-18-23/h7-8,10,12,14-16,18,20,24,32-33H,5-6,9,11,13,17,19H2,1-4H3/b21-16+,27-22-,30-20?,34-28+. The molecule has 1 unspecified atom stereocenters. The predicted molar refractivity (Wildman–Crippen MR) is 150 cm³/mol. The van der Waals surface area contributed by atoms with Crippen molar-refractivity contribution in [3.05, 3.63) is 76.1 Å². The van der Waals surface area contributed by atoms with Crippen LogP contribution in [0.15, 0.2) is 74.8 Å². The molecule has 2 rings (SSSR count). The van der Waals surface area contributed by atoms with Gasteiger partial charge in [-0.3, -0.25) is 19.8 Å². The number of H-pyrrole nitrogens is 1. The quantitative estimate of drug-likeness (QED) is 0.251. The number of rotatable bonds is 15. The van der Waals surface area contributed by atoms with Gasteiger partial charge in [0, 0.05) is 74.3 Å². The summed E-state index contributed by atoms with van der Waals surface area (Å²) < 4.78 is 0.864. The number of hydrogen-bond donors (Lipinski definition) is 2.